The van der Waals surface area contributed by atoms with Crippen LogP contribution >= 0.6 is 0 Å². The third kappa shape index (κ3) is 6.72. The van der Waals surface area contributed by atoms with E-state index in [2.05, 4.69) is 15.5 Å². The summed E-state index contributed by atoms with van der Waals surface area (Å²) in [4.78, 5) is 26.4. The number of nitrogens with zero attached hydrogens (tertiary/aromatic N) is 1. The minimum Gasteiger partial charge on any atom is -0.462 e. The van der Waals surface area contributed by atoms with Crippen molar-refractivity contribution < 1.29 is 19.1 Å². The lowest BCUT2D eigenvalue weighted by Gasteiger charge is -2.26. The van der Waals surface area contributed by atoms with Gasteiger partial charge in [0.1, 0.15) is 0 Å². The van der Waals surface area contributed by atoms with Crippen LogP contribution in [0.2, 0.25) is 0 Å². The van der Waals surface area contributed by atoms with Crippen molar-refractivity contribution >= 4 is 17.7 Å². The molecule has 2 amide bonds. The number of anilines is 1. The third-order valence-electron chi connectivity index (χ3n) is 3.94. The average molecular weight is 349 g/mol. The maximum Gasteiger partial charge on any atom is 0.340 e. The predicted octanol–water partition coefficient (Wildman–Crippen LogP) is 2.10. The van der Waals surface area contributed by atoms with Crippen LogP contribution in [0.5, 0.6) is 0 Å². The molecule has 7 nitrogen and oxygen atoms in total. The van der Waals surface area contributed by atoms with Gasteiger partial charge in [-0.05, 0) is 18.6 Å². The number of benzene rings is 1. The summed E-state index contributed by atoms with van der Waals surface area (Å²) in [5.74, 6) is -0.419. The second kappa shape index (κ2) is 10.7. The van der Waals surface area contributed by atoms with Gasteiger partial charge in [0, 0.05) is 26.2 Å². The van der Waals surface area contributed by atoms with Crippen LogP contribution in [-0.2, 0) is 9.47 Å². The standard InChI is InChI=1S/C18H27N3O4/c1-2-3-12-25-17(22)15-6-4-5-7-16(15)20-18(23)19-8-9-21-10-13-24-14-11-21/h4-7H,2-3,8-14H2,1H3,(H2,19,20,23). The van der Waals surface area contributed by atoms with E-state index in [1.165, 1.54) is 0 Å². The quantitative estimate of drug-likeness (QED) is 0.555. The van der Waals surface area contributed by atoms with Gasteiger partial charge in [-0.1, -0.05) is 25.5 Å². The molecule has 1 fully saturated rings. The Morgan fingerprint density at radius 2 is 2.00 bits per heavy atom. The third-order valence-corrected chi connectivity index (χ3v) is 3.94. The normalized spacial score (nSPS) is 14.8. The van der Waals surface area contributed by atoms with Gasteiger partial charge in [-0.2, -0.15) is 0 Å². The van der Waals surface area contributed by atoms with E-state index in [9.17, 15) is 9.59 Å². The number of carbonyl (C=O) groups excluding carboxylic acids is 2. The van der Waals surface area contributed by atoms with Gasteiger partial charge in [0.15, 0.2) is 0 Å². The van der Waals surface area contributed by atoms with E-state index >= 15 is 0 Å². The number of para-hydroxylation sites is 1. The Hall–Kier alpha value is -2.12. The van der Waals surface area contributed by atoms with Crippen LogP contribution in [0.3, 0.4) is 0 Å². The number of carbonyl (C=O) groups is 2. The van der Waals surface area contributed by atoms with Crippen LogP contribution in [0.4, 0.5) is 10.5 Å². The van der Waals surface area contributed by atoms with Gasteiger partial charge >= 0.3 is 12.0 Å². The summed E-state index contributed by atoms with van der Waals surface area (Å²) in [6.07, 6.45) is 1.78. The summed E-state index contributed by atoms with van der Waals surface area (Å²) in [5.41, 5.74) is 0.815. The highest BCUT2D eigenvalue weighted by molar-refractivity contribution is 6.00. The van der Waals surface area contributed by atoms with Gasteiger partial charge < -0.3 is 20.1 Å². The van der Waals surface area contributed by atoms with Crippen molar-refractivity contribution in [2.24, 2.45) is 0 Å². The molecule has 7 heteroatoms. The summed E-state index contributed by atoms with van der Waals surface area (Å²) in [6, 6.07) is 6.53. The number of hydrogen-bond acceptors (Lipinski definition) is 5. The summed E-state index contributed by atoms with van der Waals surface area (Å²) in [5, 5.41) is 5.54. The number of rotatable bonds is 8. The van der Waals surface area contributed by atoms with Crippen molar-refractivity contribution in [3.8, 4) is 0 Å². The largest absolute Gasteiger partial charge is 0.462 e. The Bertz CT molecular complexity index is 559. The molecule has 1 saturated heterocycles. The first-order valence-electron chi connectivity index (χ1n) is 8.82. The van der Waals surface area contributed by atoms with Crippen molar-refractivity contribution in [1.82, 2.24) is 10.2 Å². The Balaban J connectivity index is 1.80. The number of unbranched alkanes of at least 4 members (excludes halogenated alkanes) is 1. The molecule has 0 aliphatic carbocycles. The second-order valence-electron chi connectivity index (χ2n) is 5.87. The zero-order valence-corrected chi connectivity index (χ0v) is 14.8. The molecule has 2 rings (SSSR count). The van der Waals surface area contributed by atoms with Gasteiger partial charge in [-0.3, -0.25) is 4.90 Å². The van der Waals surface area contributed by atoms with E-state index in [1.54, 1.807) is 24.3 Å². The molecule has 0 bridgehead atoms. The van der Waals surface area contributed by atoms with Gasteiger partial charge in [-0.25, -0.2) is 9.59 Å². The SMILES string of the molecule is CCCCOC(=O)c1ccccc1NC(=O)NCCN1CCOCC1. The zero-order chi connectivity index (χ0) is 17.9. The molecule has 2 N–H and O–H groups in total. The van der Waals surface area contributed by atoms with E-state index in [4.69, 9.17) is 9.47 Å². The fraction of sp³-hybridized carbons (Fsp3) is 0.556. The van der Waals surface area contributed by atoms with Crippen molar-refractivity contribution in [3.05, 3.63) is 29.8 Å². The Morgan fingerprint density at radius 3 is 2.76 bits per heavy atom. The summed E-state index contributed by atoms with van der Waals surface area (Å²) in [7, 11) is 0. The molecule has 0 atom stereocenters. The number of ether oxygens (including phenoxy) is 2. The van der Waals surface area contributed by atoms with Crippen LogP contribution in [0.25, 0.3) is 0 Å². The van der Waals surface area contributed by atoms with Crippen LogP contribution in [0.1, 0.15) is 30.1 Å². The van der Waals surface area contributed by atoms with Crippen molar-refractivity contribution in [2.45, 2.75) is 19.8 Å². The monoisotopic (exact) mass is 349 g/mol. The Labute approximate surface area is 148 Å². The number of esters is 1. The molecule has 0 spiro atoms. The van der Waals surface area contributed by atoms with E-state index in [0.717, 1.165) is 45.7 Å². The van der Waals surface area contributed by atoms with Gasteiger partial charge in [0.25, 0.3) is 0 Å². The molecular weight excluding hydrogens is 322 g/mol. The number of amides is 2. The topological polar surface area (TPSA) is 79.9 Å². The highest BCUT2D eigenvalue weighted by atomic mass is 16.5. The van der Waals surface area contributed by atoms with Gasteiger partial charge in [0.05, 0.1) is 31.1 Å². The molecule has 1 aliphatic rings. The number of morpholine rings is 1. The summed E-state index contributed by atoms with van der Waals surface area (Å²) in [6.45, 7) is 6.97. The van der Waals surface area contributed by atoms with Crippen molar-refractivity contribution in [1.29, 1.82) is 0 Å². The summed E-state index contributed by atoms with van der Waals surface area (Å²) < 4.78 is 10.5. The molecule has 1 aromatic carbocycles. The molecule has 1 heterocycles. The van der Waals surface area contributed by atoms with E-state index in [0.29, 0.717) is 24.4 Å². The fourth-order valence-corrected chi connectivity index (χ4v) is 2.48. The first kappa shape index (κ1) is 19.2. The molecule has 1 aliphatic heterocycles. The highest BCUT2D eigenvalue weighted by Gasteiger charge is 2.14. The lowest BCUT2D eigenvalue weighted by atomic mass is 10.2. The first-order chi connectivity index (χ1) is 12.2. The highest BCUT2D eigenvalue weighted by Crippen LogP contribution is 2.16. The molecule has 0 saturated carbocycles. The van der Waals surface area contributed by atoms with Crippen LogP contribution < -0.4 is 10.6 Å². The number of urea groups is 1. The zero-order valence-electron chi connectivity index (χ0n) is 14.8. The molecule has 0 unspecified atom stereocenters. The molecular formula is C18H27N3O4. The number of nitrogens with one attached hydrogen (secondary N) is 2. The van der Waals surface area contributed by atoms with E-state index in [-0.39, 0.29) is 6.03 Å². The maximum atomic E-state index is 12.1. The molecule has 138 valence electrons. The Morgan fingerprint density at radius 1 is 1.24 bits per heavy atom. The minimum absolute atomic E-state index is 0.331. The van der Waals surface area contributed by atoms with Crippen molar-refractivity contribution in [2.75, 3.05) is 51.3 Å². The smallest absolute Gasteiger partial charge is 0.340 e. The van der Waals surface area contributed by atoms with E-state index < -0.39 is 5.97 Å². The first-order valence-corrected chi connectivity index (χ1v) is 8.82. The fourth-order valence-electron chi connectivity index (χ4n) is 2.48. The lowest BCUT2D eigenvalue weighted by Crippen LogP contribution is -2.42. The van der Waals surface area contributed by atoms with E-state index in [1.807, 2.05) is 6.92 Å². The summed E-state index contributed by atoms with van der Waals surface area (Å²) >= 11 is 0. The molecule has 0 radical (unpaired) electrons. The van der Waals surface area contributed by atoms with Crippen molar-refractivity contribution in [3.63, 3.8) is 0 Å². The van der Waals surface area contributed by atoms with Crippen LogP contribution in [0, 0.1) is 0 Å². The van der Waals surface area contributed by atoms with Gasteiger partial charge in [-0.15, -0.1) is 0 Å². The average Bonchev–Trinajstić information content (AvgIpc) is 2.63. The van der Waals surface area contributed by atoms with Crippen LogP contribution in [-0.4, -0.2) is 62.9 Å². The minimum atomic E-state index is -0.419. The predicted molar refractivity (Wildman–Crippen MR) is 95.9 cm³/mol. The van der Waals surface area contributed by atoms with Gasteiger partial charge in [0.2, 0.25) is 0 Å². The molecule has 0 aromatic heterocycles. The second-order valence-corrected chi connectivity index (χ2v) is 5.87. The Kier molecular flexibility index (Phi) is 8.21. The number of hydrogen-bond donors (Lipinski definition) is 2. The maximum absolute atomic E-state index is 12.1. The molecule has 1 aromatic rings. The molecule has 25 heavy (non-hydrogen) atoms. The lowest BCUT2D eigenvalue weighted by molar-refractivity contribution is 0.0388. The van der Waals surface area contributed by atoms with Crippen LogP contribution in [0.15, 0.2) is 24.3 Å².